The molecule has 0 bridgehead atoms. The van der Waals surface area contributed by atoms with E-state index in [2.05, 4.69) is 5.32 Å². The molecule has 1 saturated heterocycles. The first-order valence-electron chi connectivity index (χ1n) is 11.4. The molecular weight excluding hydrogens is 539 g/mol. The summed E-state index contributed by atoms with van der Waals surface area (Å²) < 4.78 is 37.8. The SMILES string of the molecule is O=C(COC(=O)c1cc(S(=O)(=O)N2CCOCC2)c(Cl)cc1Cl)NC(c1ccccc1)c1ccccc1. The summed E-state index contributed by atoms with van der Waals surface area (Å²) in [6, 6.07) is 20.5. The minimum absolute atomic E-state index is 0.0946. The van der Waals surface area contributed by atoms with Crippen molar-refractivity contribution in [1.82, 2.24) is 9.62 Å². The number of esters is 1. The maximum Gasteiger partial charge on any atom is 0.340 e. The molecule has 1 heterocycles. The van der Waals surface area contributed by atoms with Crippen molar-refractivity contribution in [2.45, 2.75) is 10.9 Å². The van der Waals surface area contributed by atoms with Crippen molar-refractivity contribution in [3.8, 4) is 0 Å². The van der Waals surface area contributed by atoms with Gasteiger partial charge in [-0.15, -0.1) is 0 Å². The molecule has 1 N–H and O–H groups in total. The van der Waals surface area contributed by atoms with Crippen LogP contribution >= 0.6 is 23.2 Å². The second-order valence-electron chi connectivity index (χ2n) is 8.18. The minimum atomic E-state index is -4.00. The van der Waals surface area contributed by atoms with Gasteiger partial charge >= 0.3 is 5.97 Å². The number of hydrogen-bond acceptors (Lipinski definition) is 6. The molecule has 0 aromatic heterocycles. The van der Waals surface area contributed by atoms with E-state index in [-0.39, 0.29) is 46.8 Å². The predicted molar refractivity (Wildman–Crippen MR) is 139 cm³/mol. The highest BCUT2D eigenvalue weighted by atomic mass is 35.5. The highest BCUT2D eigenvalue weighted by molar-refractivity contribution is 7.89. The highest BCUT2D eigenvalue weighted by Crippen LogP contribution is 2.31. The van der Waals surface area contributed by atoms with Crippen LogP contribution in [0.1, 0.15) is 27.5 Å². The second-order valence-corrected chi connectivity index (χ2v) is 10.9. The third-order valence-corrected chi connectivity index (χ3v) is 8.41. The van der Waals surface area contributed by atoms with E-state index in [0.29, 0.717) is 0 Å². The molecule has 3 aromatic rings. The molecule has 1 fully saturated rings. The van der Waals surface area contributed by atoms with Gasteiger partial charge in [-0.1, -0.05) is 83.9 Å². The maximum atomic E-state index is 13.1. The Bertz CT molecular complexity index is 1330. The molecule has 8 nitrogen and oxygen atoms in total. The Labute approximate surface area is 225 Å². The van der Waals surface area contributed by atoms with Crippen LogP contribution in [0.3, 0.4) is 0 Å². The number of nitrogens with zero attached hydrogens (tertiary/aromatic N) is 1. The normalized spacial score (nSPS) is 14.4. The molecule has 1 amide bonds. The van der Waals surface area contributed by atoms with E-state index in [9.17, 15) is 18.0 Å². The molecule has 1 aliphatic rings. The summed E-state index contributed by atoms with van der Waals surface area (Å²) in [7, 11) is -4.00. The van der Waals surface area contributed by atoms with E-state index in [1.54, 1.807) is 0 Å². The van der Waals surface area contributed by atoms with Crippen LogP contribution in [0, 0.1) is 0 Å². The van der Waals surface area contributed by atoms with Gasteiger partial charge in [-0.2, -0.15) is 4.31 Å². The third-order valence-electron chi connectivity index (χ3n) is 5.73. The molecule has 37 heavy (non-hydrogen) atoms. The average molecular weight is 563 g/mol. The summed E-state index contributed by atoms with van der Waals surface area (Å²) in [5, 5.41) is 2.65. The van der Waals surface area contributed by atoms with Gasteiger partial charge in [0.15, 0.2) is 6.61 Å². The third kappa shape index (κ3) is 6.49. The van der Waals surface area contributed by atoms with Crippen LogP contribution in [-0.2, 0) is 24.3 Å². The van der Waals surface area contributed by atoms with Crippen molar-refractivity contribution >= 4 is 45.1 Å². The average Bonchev–Trinajstić information content (AvgIpc) is 2.91. The molecule has 1 aliphatic heterocycles. The van der Waals surface area contributed by atoms with Crippen LogP contribution in [0.25, 0.3) is 0 Å². The number of carbonyl (C=O) groups excluding carboxylic acids is 2. The van der Waals surface area contributed by atoms with Gasteiger partial charge in [-0.25, -0.2) is 13.2 Å². The van der Waals surface area contributed by atoms with E-state index in [1.807, 2.05) is 60.7 Å². The van der Waals surface area contributed by atoms with Crippen molar-refractivity contribution in [2.24, 2.45) is 0 Å². The van der Waals surface area contributed by atoms with Crippen LogP contribution in [0.5, 0.6) is 0 Å². The number of hydrogen-bond donors (Lipinski definition) is 1. The van der Waals surface area contributed by atoms with E-state index in [1.165, 1.54) is 10.4 Å². The molecule has 0 saturated carbocycles. The van der Waals surface area contributed by atoms with Crippen molar-refractivity contribution in [1.29, 1.82) is 0 Å². The monoisotopic (exact) mass is 562 g/mol. The Morgan fingerprint density at radius 1 is 0.919 bits per heavy atom. The van der Waals surface area contributed by atoms with E-state index in [0.717, 1.165) is 17.2 Å². The van der Waals surface area contributed by atoms with Crippen molar-refractivity contribution in [3.63, 3.8) is 0 Å². The van der Waals surface area contributed by atoms with E-state index in [4.69, 9.17) is 32.7 Å². The molecule has 0 radical (unpaired) electrons. The standard InChI is InChI=1S/C26H24Cl2N2O6S/c27-21-16-22(28)23(37(33,34)30-11-13-35-14-12-30)15-20(21)26(32)36-17-24(31)29-25(18-7-3-1-4-8-18)19-9-5-2-6-10-19/h1-10,15-16,25H,11-14,17H2,(H,29,31). The molecule has 3 aromatic carbocycles. The van der Waals surface area contributed by atoms with Gasteiger partial charge in [-0.05, 0) is 23.3 Å². The van der Waals surface area contributed by atoms with E-state index < -0.39 is 34.5 Å². The fourth-order valence-corrected chi connectivity index (χ4v) is 6.10. The van der Waals surface area contributed by atoms with Gasteiger partial charge in [0.2, 0.25) is 10.0 Å². The summed E-state index contributed by atoms with van der Waals surface area (Å²) >= 11 is 12.4. The molecule has 11 heteroatoms. The summed E-state index contributed by atoms with van der Waals surface area (Å²) in [6.07, 6.45) is 0. The fraction of sp³-hybridized carbons (Fsp3) is 0.231. The predicted octanol–water partition coefficient (Wildman–Crippen LogP) is 4.08. The molecular formula is C26H24Cl2N2O6S. The lowest BCUT2D eigenvalue weighted by molar-refractivity contribution is -0.124. The number of benzene rings is 3. The summed E-state index contributed by atoms with van der Waals surface area (Å²) in [6.45, 7) is 0.221. The lowest BCUT2D eigenvalue weighted by Crippen LogP contribution is -2.40. The van der Waals surface area contributed by atoms with Crippen molar-refractivity contribution in [2.75, 3.05) is 32.9 Å². The zero-order chi connectivity index (χ0) is 26.4. The Hall–Kier alpha value is -2.95. The van der Waals surface area contributed by atoms with Gasteiger partial charge in [0.1, 0.15) is 4.90 Å². The number of carbonyl (C=O) groups is 2. The van der Waals surface area contributed by atoms with Gasteiger partial charge < -0.3 is 14.8 Å². The maximum absolute atomic E-state index is 13.1. The lowest BCUT2D eigenvalue weighted by atomic mass is 9.99. The largest absolute Gasteiger partial charge is 0.452 e. The first kappa shape index (κ1) is 27.1. The quantitative estimate of drug-likeness (QED) is 0.415. The van der Waals surface area contributed by atoms with Gasteiger partial charge in [-0.3, -0.25) is 4.79 Å². The first-order valence-corrected chi connectivity index (χ1v) is 13.6. The molecule has 0 aliphatic carbocycles. The van der Waals surface area contributed by atoms with Crippen LogP contribution in [0.15, 0.2) is 77.7 Å². The lowest BCUT2D eigenvalue weighted by Gasteiger charge is -2.26. The minimum Gasteiger partial charge on any atom is -0.452 e. The van der Waals surface area contributed by atoms with E-state index >= 15 is 0 Å². The Kier molecular flexibility index (Phi) is 8.83. The van der Waals surface area contributed by atoms with Gasteiger partial charge in [0, 0.05) is 13.1 Å². The van der Waals surface area contributed by atoms with Crippen molar-refractivity contribution in [3.05, 3.63) is 99.5 Å². The molecule has 0 atom stereocenters. The first-order chi connectivity index (χ1) is 17.8. The van der Waals surface area contributed by atoms with Gasteiger partial charge in [0.25, 0.3) is 5.91 Å². The van der Waals surface area contributed by atoms with Crippen LogP contribution in [-0.4, -0.2) is 57.5 Å². The number of amides is 1. The number of ether oxygens (including phenoxy) is 2. The Morgan fingerprint density at radius 2 is 1.49 bits per heavy atom. The number of sulfonamides is 1. The summed E-state index contributed by atoms with van der Waals surface area (Å²) in [4.78, 5) is 25.3. The summed E-state index contributed by atoms with van der Waals surface area (Å²) in [5.41, 5.74) is 1.49. The van der Waals surface area contributed by atoms with Gasteiger partial charge in [0.05, 0.1) is 34.9 Å². The number of halogens is 2. The number of nitrogens with one attached hydrogen (secondary N) is 1. The molecule has 0 spiro atoms. The topological polar surface area (TPSA) is 102 Å². The second kappa shape index (κ2) is 12.1. The zero-order valence-corrected chi connectivity index (χ0v) is 21.9. The van der Waals surface area contributed by atoms with Crippen LogP contribution < -0.4 is 5.32 Å². The number of morpholine rings is 1. The molecule has 194 valence electrons. The highest BCUT2D eigenvalue weighted by Gasteiger charge is 2.30. The van der Waals surface area contributed by atoms with Crippen LogP contribution in [0.2, 0.25) is 10.0 Å². The smallest absolute Gasteiger partial charge is 0.340 e. The molecule has 4 rings (SSSR count). The Morgan fingerprint density at radius 3 is 2.05 bits per heavy atom. The fourth-order valence-electron chi connectivity index (χ4n) is 3.87. The van der Waals surface area contributed by atoms with Crippen LogP contribution in [0.4, 0.5) is 0 Å². The number of rotatable bonds is 8. The van der Waals surface area contributed by atoms with Crippen molar-refractivity contribution < 1.29 is 27.5 Å². The Balaban J connectivity index is 1.48. The summed E-state index contributed by atoms with van der Waals surface area (Å²) in [5.74, 6) is -1.50. The molecule has 0 unspecified atom stereocenters. The zero-order valence-electron chi connectivity index (χ0n) is 19.6.